The molecule has 0 radical (unpaired) electrons. The second-order valence-electron chi connectivity index (χ2n) is 5.27. The van der Waals surface area contributed by atoms with Crippen molar-refractivity contribution in [3.05, 3.63) is 0 Å². The Labute approximate surface area is 133 Å². The number of carbonyl (C=O) groups excluding carboxylic acids is 2. The third kappa shape index (κ3) is 1.88. The van der Waals surface area contributed by atoms with E-state index in [2.05, 4.69) is 0 Å². The number of aliphatic hydroxyl groups excluding tert-OH is 1. The van der Waals surface area contributed by atoms with E-state index in [9.17, 15) is 28.2 Å². The maximum absolute atomic E-state index is 12.3. The van der Waals surface area contributed by atoms with Crippen molar-refractivity contribution in [1.29, 1.82) is 0 Å². The largest absolute Gasteiger partial charge is 1.00 e. The zero-order valence-corrected chi connectivity index (χ0v) is 14.0. The fraction of sp³-hybridized carbons (Fsp3) is 0.800. The molecule has 0 aliphatic carbocycles. The molecule has 2 rings (SSSR count). The van der Waals surface area contributed by atoms with Crippen LogP contribution >= 0.6 is 0 Å². The number of nitrogens with zero attached hydrogens (tertiary/aromatic N) is 1. The number of hydrogen-bond acceptors (Lipinski definition) is 6. The minimum Gasteiger partial charge on any atom is -0.548 e. The van der Waals surface area contributed by atoms with Gasteiger partial charge in [0, 0.05) is 0 Å². The number of hydrogen-bond donors (Lipinski definition) is 1. The van der Waals surface area contributed by atoms with Crippen molar-refractivity contribution in [3.8, 4) is 0 Å². The molecule has 1 amide bonds. The van der Waals surface area contributed by atoms with Gasteiger partial charge in [-0.15, -0.1) is 0 Å². The molecule has 0 spiro atoms. The number of carboxylic acid groups (broad SMARTS) is 1. The van der Waals surface area contributed by atoms with E-state index >= 15 is 0 Å². The number of fused-ring (bicyclic) bond motifs is 1. The van der Waals surface area contributed by atoms with E-state index in [0.29, 0.717) is 0 Å². The predicted molar refractivity (Wildman–Crippen MR) is 57.6 cm³/mol. The van der Waals surface area contributed by atoms with Crippen LogP contribution in [-0.4, -0.2) is 52.6 Å². The molecule has 0 aromatic rings. The number of carboxylic acids is 1. The molecule has 0 bridgehead atoms. The normalized spacial score (nSPS) is 35.9. The molecule has 0 aromatic heterocycles. The van der Waals surface area contributed by atoms with E-state index in [0.717, 1.165) is 4.90 Å². The van der Waals surface area contributed by atoms with Crippen LogP contribution in [0.4, 0.5) is 0 Å². The Hall–Kier alpha value is -0.150. The summed E-state index contributed by atoms with van der Waals surface area (Å²) in [5, 5.41) is 19.3. The van der Waals surface area contributed by atoms with Gasteiger partial charge in [-0.2, -0.15) is 0 Å². The predicted octanol–water partition coefficient (Wildman–Crippen LogP) is -5.52. The molecule has 4 atom stereocenters. The second kappa shape index (κ2) is 4.70. The number of amides is 1. The second-order valence-corrected chi connectivity index (χ2v) is 7.90. The van der Waals surface area contributed by atoms with Gasteiger partial charge in [0.2, 0.25) is 5.91 Å². The zero-order chi connectivity index (χ0) is 14.0. The smallest absolute Gasteiger partial charge is 0.548 e. The van der Waals surface area contributed by atoms with E-state index < -0.39 is 49.9 Å². The quantitative estimate of drug-likeness (QED) is 0.402. The van der Waals surface area contributed by atoms with Crippen LogP contribution in [0.25, 0.3) is 0 Å². The summed E-state index contributed by atoms with van der Waals surface area (Å²) in [4.78, 5) is 23.7. The van der Waals surface area contributed by atoms with E-state index in [1.807, 2.05) is 0 Å². The Morgan fingerprint density at radius 1 is 1.47 bits per heavy atom. The van der Waals surface area contributed by atoms with Crippen LogP contribution in [0.1, 0.15) is 20.8 Å². The van der Waals surface area contributed by atoms with Gasteiger partial charge >= 0.3 is 29.6 Å². The molecule has 2 fully saturated rings. The summed E-state index contributed by atoms with van der Waals surface area (Å²) < 4.78 is 22.9. The molecule has 0 aromatic carbocycles. The molecule has 2 saturated heterocycles. The van der Waals surface area contributed by atoms with Gasteiger partial charge in [0.1, 0.15) is 5.37 Å². The summed E-state index contributed by atoms with van der Waals surface area (Å²) in [6.45, 7) is 3.83. The molecule has 9 heteroatoms. The Balaban J connectivity index is 0.00000180. The van der Waals surface area contributed by atoms with Crippen LogP contribution in [0.3, 0.4) is 0 Å². The maximum Gasteiger partial charge on any atom is 1.00 e. The summed E-state index contributed by atoms with van der Waals surface area (Å²) in [6, 6.07) is -1.50. The molecule has 7 nitrogen and oxygen atoms in total. The monoisotopic (exact) mass is 299 g/mol. The molecular formula is C10H14NNaO6S. The Morgan fingerprint density at radius 3 is 2.32 bits per heavy atom. The molecular weight excluding hydrogens is 285 g/mol. The van der Waals surface area contributed by atoms with Gasteiger partial charge in [-0.3, -0.25) is 4.79 Å². The van der Waals surface area contributed by atoms with Gasteiger partial charge in [-0.1, -0.05) is 0 Å². The molecule has 2 aliphatic rings. The van der Waals surface area contributed by atoms with E-state index in [1.165, 1.54) is 20.8 Å². The number of aliphatic carboxylic acids is 1. The molecule has 19 heavy (non-hydrogen) atoms. The Morgan fingerprint density at radius 2 is 1.95 bits per heavy atom. The average Bonchev–Trinajstić information content (AvgIpc) is 2.31. The number of rotatable bonds is 2. The molecule has 0 saturated carbocycles. The van der Waals surface area contributed by atoms with Gasteiger partial charge < -0.3 is 19.9 Å². The molecule has 1 N–H and O–H groups in total. The van der Waals surface area contributed by atoms with Crippen molar-refractivity contribution >= 4 is 21.7 Å². The van der Waals surface area contributed by atoms with Gasteiger partial charge in [0.05, 0.1) is 28.8 Å². The van der Waals surface area contributed by atoms with Crippen LogP contribution in [0.15, 0.2) is 0 Å². The van der Waals surface area contributed by atoms with Crippen LogP contribution < -0.4 is 34.7 Å². The van der Waals surface area contributed by atoms with E-state index in [-0.39, 0.29) is 29.6 Å². The van der Waals surface area contributed by atoms with Crippen LogP contribution in [0.2, 0.25) is 0 Å². The first kappa shape index (κ1) is 16.9. The minimum absolute atomic E-state index is 0. The Kier molecular flexibility index (Phi) is 4.18. The first-order valence-electron chi connectivity index (χ1n) is 5.49. The van der Waals surface area contributed by atoms with E-state index in [1.54, 1.807) is 0 Å². The van der Waals surface area contributed by atoms with Crippen molar-refractivity contribution in [2.24, 2.45) is 5.92 Å². The minimum atomic E-state index is -3.86. The third-order valence-corrected chi connectivity index (χ3v) is 6.70. The third-order valence-electron chi connectivity index (χ3n) is 3.85. The summed E-state index contributed by atoms with van der Waals surface area (Å²) in [7, 11) is -3.86. The van der Waals surface area contributed by atoms with Crippen LogP contribution in [-0.2, 0) is 19.4 Å². The first-order chi connectivity index (χ1) is 8.05. The maximum atomic E-state index is 12.3. The summed E-state index contributed by atoms with van der Waals surface area (Å²) in [6.07, 6.45) is -1.13. The standard InChI is InChI=1S/C10H15NO6S.Na/c1-4(12)5-7(13)11-6(9(14)15)10(2,3)18(16,17)8(5)11;/h4-6,8,12H,1-3H3,(H,14,15);/q;+1/p-1/t4-,5+,6+,8-;/m1./s1. The van der Waals surface area contributed by atoms with Crippen molar-refractivity contribution in [2.45, 2.75) is 43.0 Å². The van der Waals surface area contributed by atoms with Gasteiger partial charge in [-0.25, -0.2) is 8.42 Å². The topological polar surface area (TPSA) is 115 Å². The van der Waals surface area contributed by atoms with Gasteiger partial charge in [0.25, 0.3) is 0 Å². The number of aliphatic hydroxyl groups is 1. The summed E-state index contributed by atoms with van der Waals surface area (Å²) in [5.74, 6) is -3.33. The fourth-order valence-corrected chi connectivity index (χ4v) is 5.17. The first-order valence-corrected chi connectivity index (χ1v) is 7.04. The fourth-order valence-electron chi connectivity index (χ4n) is 2.77. The summed E-state index contributed by atoms with van der Waals surface area (Å²) in [5.41, 5.74) is 0. The van der Waals surface area contributed by atoms with Crippen molar-refractivity contribution in [3.63, 3.8) is 0 Å². The number of carbonyl (C=O) groups is 2. The van der Waals surface area contributed by atoms with Crippen molar-refractivity contribution < 1.29 is 57.8 Å². The van der Waals surface area contributed by atoms with E-state index in [4.69, 9.17) is 0 Å². The zero-order valence-electron chi connectivity index (χ0n) is 11.2. The summed E-state index contributed by atoms with van der Waals surface area (Å²) >= 11 is 0. The van der Waals surface area contributed by atoms with Crippen molar-refractivity contribution in [1.82, 2.24) is 4.90 Å². The number of β-lactam (4-membered cyclic amide) rings is 1. The molecule has 102 valence electrons. The number of sulfone groups is 1. The van der Waals surface area contributed by atoms with Gasteiger partial charge in [0.15, 0.2) is 9.84 Å². The van der Waals surface area contributed by atoms with Crippen molar-refractivity contribution in [2.75, 3.05) is 0 Å². The molecule has 2 aliphatic heterocycles. The molecule has 0 unspecified atom stereocenters. The average molecular weight is 299 g/mol. The molecule has 2 heterocycles. The van der Waals surface area contributed by atoms with Crippen LogP contribution in [0, 0.1) is 5.92 Å². The van der Waals surface area contributed by atoms with Gasteiger partial charge in [-0.05, 0) is 20.8 Å². The van der Waals surface area contributed by atoms with Crippen LogP contribution in [0.5, 0.6) is 0 Å². The Bertz CT molecular complexity index is 528. The SMILES string of the molecule is C[C@@H](O)[C@H]1C(=O)N2[C@@H](C(=O)[O-])C(C)(C)S(=O)(=O)[C@H]12.[Na+].